The van der Waals surface area contributed by atoms with Gasteiger partial charge in [0.15, 0.2) is 0 Å². The van der Waals surface area contributed by atoms with Crippen LogP contribution in [-0.4, -0.2) is 5.11 Å². The lowest BCUT2D eigenvalue weighted by molar-refractivity contribution is 0.474. The van der Waals surface area contributed by atoms with E-state index in [4.69, 9.17) is 0 Å². The molecular formula is C15H15NO. The average molecular weight is 225 g/mol. The third-order valence-corrected chi connectivity index (χ3v) is 3.31. The largest absolute Gasteiger partial charge is 0.508 e. The van der Waals surface area contributed by atoms with Crippen LogP contribution < -0.4 is 4.90 Å². The lowest BCUT2D eigenvalue weighted by Crippen LogP contribution is -2.14. The van der Waals surface area contributed by atoms with Crippen molar-refractivity contribution in [3.8, 4) is 5.75 Å². The maximum atomic E-state index is 9.47. The fourth-order valence-electron chi connectivity index (χ4n) is 2.32. The van der Waals surface area contributed by atoms with E-state index in [1.165, 1.54) is 22.4 Å². The van der Waals surface area contributed by atoms with Crippen molar-refractivity contribution in [1.82, 2.24) is 0 Å². The zero-order valence-electron chi connectivity index (χ0n) is 9.85. The molecule has 2 heteroatoms. The van der Waals surface area contributed by atoms with Gasteiger partial charge >= 0.3 is 0 Å². The van der Waals surface area contributed by atoms with Crippen molar-refractivity contribution in [2.45, 2.75) is 20.0 Å². The minimum atomic E-state index is 0.356. The van der Waals surface area contributed by atoms with E-state index in [1.807, 2.05) is 12.1 Å². The van der Waals surface area contributed by atoms with Crippen LogP contribution in [-0.2, 0) is 13.1 Å². The summed E-state index contributed by atoms with van der Waals surface area (Å²) >= 11 is 0. The molecule has 1 N–H and O–H groups in total. The Balaban J connectivity index is 1.88. The molecule has 0 saturated heterocycles. The van der Waals surface area contributed by atoms with Crippen LogP contribution >= 0.6 is 0 Å². The number of hydrogen-bond donors (Lipinski definition) is 1. The van der Waals surface area contributed by atoms with Gasteiger partial charge in [-0.3, -0.25) is 0 Å². The maximum Gasteiger partial charge on any atom is 0.115 e. The summed E-state index contributed by atoms with van der Waals surface area (Å²) in [6.45, 7) is 3.91. The van der Waals surface area contributed by atoms with Crippen molar-refractivity contribution in [2.75, 3.05) is 4.90 Å². The molecule has 0 aliphatic carbocycles. The molecule has 2 aromatic carbocycles. The minimum absolute atomic E-state index is 0.356. The predicted molar refractivity (Wildman–Crippen MR) is 69.2 cm³/mol. The maximum absolute atomic E-state index is 9.47. The second-order valence-corrected chi connectivity index (χ2v) is 4.64. The molecule has 0 aromatic heterocycles. The Hall–Kier alpha value is -1.96. The second-order valence-electron chi connectivity index (χ2n) is 4.64. The van der Waals surface area contributed by atoms with Crippen LogP contribution in [0.25, 0.3) is 0 Å². The number of aryl methyl sites for hydroxylation is 1. The number of benzene rings is 2. The molecule has 86 valence electrons. The molecule has 0 radical (unpaired) electrons. The molecular weight excluding hydrogens is 210 g/mol. The van der Waals surface area contributed by atoms with E-state index in [0.29, 0.717) is 5.75 Å². The first-order valence-corrected chi connectivity index (χ1v) is 5.85. The highest BCUT2D eigenvalue weighted by Gasteiger charge is 2.19. The van der Waals surface area contributed by atoms with Crippen molar-refractivity contribution in [3.63, 3.8) is 0 Å². The highest BCUT2D eigenvalue weighted by molar-refractivity contribution is 5.53. The van der Waals surface area contributed by atoms with Crippen LogP contribution in [0, 0.1) is 6.92 Å². The van der Waals surface area contributed by atoms with E-state index < -0.39 is 0 Å². The summed E-state index contributed by atoms with van der Waals surface area (Å²) in [7, 11) is 0. The van der Waals surface area contributed by atoms with Crippen molar-refractivity contribution in [3.05, 3.63) is 59.2 Å². The Morgan fingerprint density at radius 3 is 2.41 bits per heavy atom. The Bertz CT molecular complexity index is 545. The van der Waals surface area contributed by atoms with Gasteiger partial charge in [0.25, 0.3) is 0 Å². The molecule has 1 aliphatic rings. The molecule has 0 fully saturated rings. The Morgan fingerprint density at radius 1 is 0.941 bits per heavy atom. The molecule has 1 heterocycles. The summed E-state index contributed by atoms with van der Waals surface area (Å²) in [6.07, 6.45) is 0. The molecule has 0 unspecified atom stereocenters. The van der Waals surface area contributed by atoms with E-state index in [0.717, 1.165) is 13.1 Å². The smallest absolute Gasteiger partial charge is 0.115 e. The van der Waals surface area contributed by atoms with E-state index in [2.05, 4.69) is 36.1 Å². The Kier molecular flexibility index (Phi) is 2.29. The van der Waals surface area contributed by atoms with Crippen LogP contribution in [0.5, 0.6) is 5.75 Å². The van der Waals surface area contributed by atoms with Gasteiger partial charge in [-0.25, -0.2) is 0 Å². The monoisotopic (exact) mass is 225 g/mol. The van der Waals surface area contributed by atoms with Gasteiger partial charge in [0.05, 0.1) is 0 Å². The standard InChI is InChI=1S/C15H15NO/c1-11-2-5-14(6-3-11)16-9-12-4-7-15(17)8-13(12)10-16/h2-8,17H,9-10H2,1H3. The molecule has 17 heavy (non-hydrogen) atoms. The zero-order valence-corrected chi connectivity index (χ0v) is 9.85. The molecule has 0 saturated carbocycles. The van der Waals surface area contributed by atoms with Crippen molar-refractivity contribution < 1.29 is 5.11 Å². The van der Waals surface area contributed by atoms with Gasteiger partial charge in [0, 0.05) is 18.8 Å². The van der Waals surface area contributed by atoms with Gasteiger partial charge in [-0.15, -0.1) is 0 Å². The topological polar surface area (TPSA) is 23.5 Å². The first-order valence-electron chi connectivity index (χ1n) is 5.85. The minimum Gasteiger partial charge on any atom is -0.508 e. The third-order valence-electron chi connectivity index (χ3n) is 3.31. The van der Waals surface area contributed by atoms with Crippen molar-refractivity contribution >= 4 is 5.69 Å². The Labute approximate surface area is 101 Å². The second kappa shape index (κ2) is 3.81. The molecule has 0 bridgehead atoms. The van der Waals surface area contributed by atoms with Crippen molar-refractivity contribution in [1.29, 1.82) is 0 Å². The molecule has 0 atom stereocenters. The number of aromatic hydroxyl groups is 1. The number of phenols is 1. The number of hydrogen-bond acceptors (Lipinski definition) is 2. The lowest BCUT2D eigenvalue weighted by Gasteiger charge is -2.17. The molecule has 3 rings (SSSR count). The SMILES string of the molecule is Cc1ccc(N2Cc3ccc(O)cc3C2)cc1. The van der Waals surface area contributed by atoms with Crippen LogP contribution in [0.2, 0.25) is 0 Å². The molecule has 1 aliphatic heterocycles. The third kappa shape index (κ3) is 1.86. The van der Waals surface area contributed by atoms with E-state index >= 15 is 0 Å². The predicted octanol–water partition coefficient (Wildman–Crippen LogP) is 3.22. The fraction of sp³-hybridized carbons (Fsp3) is 0.200. The zero-order chi connectivity index (χ0) is 11.8. The van der Waals surface area contributed by atoms with Crippen LogP contribution in [0.1, 0.15) is 16.7 Å². The van der Waals surface area contributed by atoms with Gasteiger partial charge in [-0.1, -0.05) is 23.8 Å². The molecule has 0 spiro atoms. The van der Waals surface area contributed by atoms with Crippen LogP contribution in [0.3, 0.4) is 0 Å². The van der Waals surface area contributed by atoms with E-state index in [-0.39, 0.29) is 0 Å². The first kappa shape index (κ1) is 10.2. The summed E-state index contributed by atoms with van der Waals surface area (Å²) in [5.74, 6) is 0.356. The summed E-state index contributed by atoms with van der Waals surface area (Å²) in [4.78, 5) is 2.32. The van der Waals surface area contributed by atoms with Gasteiger partial charge in [-0.2, -0.15) is 0 Å². The summed E-state index contributed by atoms with van der Waals surface area (Å²) in [6, 6.07) is 14.2. The van der Waals surface area contributed by atoms with Crippen LogP contribution in [0.4, 0.5) is 5.69 Å². The molecule has 2 nitrogen and oxygen atoms in total. The van der Waals surface area contributed by atoms with Crippen molar-refractivity contribution in [2.24, 2.45) is 0 Å². The summed E-state index contributed by atoms with van der Waals surface area (Å²) in [5.41, 5.74) is 5.06. The number of phenolic OH excluding ortho intramolecular Hbond substituents is 1. The highest BCUT2D eigenvalue weighted by Crippen LogP contribution is 2.30. The first-order chi connectivity index (χ1) is 8.22. The van der Waals surface area contributed by atoms with E-state index in [9.17, 15) is 5.11 Å². The quantitative estimate of drug-likeness (QED) is 0.805. The number of anilines is 1. The normalized spacial score (nSPS) is 13.8. The average Bonchev–Trinajstić information content (AvgIpc) is 2.72. The van der Waals surface area contributed by atoms with Gasteiger partial charge in [-0.05, 0) is 42.3 Å². The fourth-order valence-corrected chi connectivity index (χ4v) is 2.32. The highest BCUT2D eigenvalue weighted by atomic mass is 16.3. The number of fused-ring (bicyclic) bond motifs is 1. The number of nitrogens with zero attached hydrogens (tertiary/aromatic N) is 1. The van der Waals surface area contributed by atoms with Gasteiger partial charge in [0.2, 0.25) is 0 Å². The Morgan fingerprint density at radius 2 is 1.65 bits per heavy atom. The molecule has 2 aromatic rings. The van der Waals surface area contributed by atoms with Gasteiger partial charge in [0.1, 0.15) is 5.75 Å². The van der Waals surface area contributed by atoms with Crippen LogP contribution in [0.15, 0.2) is 42.5 Å². The summed E-state index contributed by atoms with van der Waals surface area (Å²) in [5, 5.41) is 9.47. The molecule has 0 amide bonds. The number of rotatable bonds is 1. The van der Waals surface area contributed by atoms with E-state index in [1.54, 1.807) is 6.07 Å². The summed E-state index contributed by atoms with van der Waals surface area (Å²) < 4.78 is 0. The lowest BCUT2D eigenvalue weighted by atomic mass is 10.1. The van der Waals surface area contributed by atoms with Gasteiger partial charge < -0.3 is 10.0 Å².